The Morgan fingerprint density at radius 3 is 2.54 bits per heavy atom. The first kappa shape index (κ1) is 17.5. The van der Waals surface area contributed by atoms with Crippen molar-refractivity contribution < 1.29 is 14.3 Å². The first-order chi connectivity index (χ1) is 13.8. The normalized spacial score (nSPS) is 10.4. The summed E-state index contributed by atoms with van der Waals surface area (Å²) in [6.45, 7) is -0.168. The molecule has 3 aromatic carbocycles. The lowest BCUT2D eigenvalue weighted by Gasteiger charge is -2.10. The molecule has 0 unspecified atom stereocenters. The van der Waals surface area contributed by atoms with Crippen LogP contribution in [-0.4, -0.2) is 22.5 Å². The van der Waals surface area contributed by atoms with Gasteiger partial charge >= 0.3 is 5.97 Å². The number of fused-ring (bicyclic) bond motifs is 1. The Balaban J connectivity index is 1.43. The standard InChI is InChI=1S/C22H17N3O3/c26-21(14-27-17-8-2-1-3-9-17)28-18-10-6-7-16(13-18)25-22-19-11-4-5-12-20(19)23-15-24-22/h1-13,15H,14H2,(H,23,24,25). The number of rotatable bonds is 6. The second-order valence-corrected chi connectivity index (χ2v) is 5.97. The molecule has 1 aromatic heterocycles. The highest BCUT2D eigenvalue weighted by molar-refractivity contribution is 5.90. The van der Waals surface area contributed by atoms with Gasteiger partial charge in [0.2, 0.25) is 0 Å². The Labute approximate surface area is 161 Å². The van der Waals surface area contributed by atoms with Gasteiger partial charge in [0.15, 0.2) is 6.61 Å². The van der Waals surface area contributed by atoms with Gasteiger partial charge in [-0.25, -0.2) is 14.8 Å². The number of hydrogen-bond donors (Lipinski definition) is 1. The Kier molecular flexibility index (Phi) is 5.11. The lowest BCUT2D eigenvalue weighted by Crippen LogP contribution is -2.17. The summed E-state index contributed by atoms with van der Waals surface area (Å²) in [5, 5.41) is 4.15. The number of nitrogens with one attached hydrogen (secondary N) is 1. The number of benzene rings is 3. The fourth-order valence-corrected chi connectivity index (χ4v) is 2.70. The molecule has 0 radical (unpaired) electrons. The van der Waals surface area contributed by atoms with Crippen LogP contribution in [0.4, 0.5) is 11.5 Å². The van der Waals surface area contributed by atoms with E-state index in [4.69, 9.17) is 9.47 Å². The van der Waals surface area contributed by atoms with Gasteiger partial charge in [0.05, 0.1) is 5.52 Å². The molecule has 0 aliphatic rings. The van der Waals surface area contributed by atoms with Crippen LogP contribution >= 0.6 is 0 Å². The molecular formula is C22H17N3O3. The van der Waals surface area contributed by atoms with E-state index < -0.39 is 5.97 Å². The Hall–Kier alpha value is -3.93. The molecule has 0 spiro atoms. The fraction of sp³-hybridized carbons (Fsp3) is 0.0455. The van der Waals surface area contributed by atoms with Crippen LogP contribution in [0.5, 0.6) is 11.5 Å². The van der Waals surface area contributed by atoms with E-state index in [1.807, 2.05) is 48.5 Å². The molecule has 0 aliphatic carbocycles. The molecule has 6 heteroatoms. The fourth-order valence-electron chi connectivity index (χ4n) is 2.70. The maximum Gasteiger partial charge on any atom is 0.349 e. The smallest absolute Gasteiger partial charge is 0.349 e. The maximum absolute atomic E-state index is 12.0. The lowest BCUT2D eigenvalue weighted by molar-refractivity contribution is -0.136. The van der Waals surface area contributed by atoms with Gasteiger partial charge < -0.3 is 14.8 Å². The summed E-state index contributed by atoms with van der Waals surface area (Å²) in [5.41, 5.74) is 1.60. The molecule has 1 N–H and O–H groups in total. The minimum atomic E-state index is -0.478. The molecule has 0 aliphatic heterocycles. The molecule has 1 heterocycles. The zero-order chi connectivity index (χ0) is 19.2. The van der Waals surface area contributed by atoms with Crippen LogP contribution in [-0.2, 0) is 4.79 Å². The van der Waals surface area contributed by atoms with Crippen molar-refractivity contribution in [2.75, 3.05) is 11.9 Å². The molecule has 0 amide bonds. The van der Waals surface area contributed by atoms with Crippen molar-refractivity contribution in [1.82, 2.24) is 9.97 Å². The van der Waals surface area contributed by atoms with Crippen LogP contribution in [0.15, 0.2) is 85.2 Å². The minimum absolute atomic E-state index is 0.168. The van der Waals surface area contributed by atoms with Gasteiger partial charge in [-0.2, -0.15) is 0 Å². The van der Waals surface area contributed by atoms with Gasteiger partial charge in [-0.3, -0.25) is 0 Å². The first-order valence-electron chi connectivity index (χ1n) is 8.73. The number of nitrogens with zero attached hydrogens (tertiary/aromatic N) is 2. The van der Waals surface area contributed by atoms with Crippen LogP contribution in [0.2, 0.25) is 0 Å². The van der Waals surface area contributed by atoms with Gasteiger partial charge in [0, 0.05) is 17.1 Å². The van der Waals surface area contributed by atoms with Gasteiger partial charge in [-0.05, 0) is 36.4 Å². The van der Waals surface area contributed by atoms with Crippen molar-refractivity contribution in [3.05, 3.63) is 85.2 Å². The van der Waals surface area contributed by atoms with Crippen molar-refractivity contribution in [2.45, 2.75) is 0 Å². The summed E-state index contributed by atoms with van der Waals surface area (Å²) in [4.78, 5) is 20.6. The van der Waals surface area contributed by atoms with Crippen LogP contribution in [0, 0.1) is 0 Å². The number of aromatic nitrogens is 2. The summed E-state index contributed by atoms with van der Waals surface area (Å²) < 4.78 is 10.8. The molecule has 0 atom stereocenters. The van der Waals surface area contributed by atoms with E-state index in [0.717, 1.165) is 16.6 Å². The number of hydrogen-bond acceptors (Lipinski definition) is 6. The molecule has 0 bridgehead atoms. The number of ether oxygens (including phenoxy) is 2. The largest absolute Gasteiger partial charge is 0.482 e. The average Bonchev–Trinajstić information content (AvgIpc) is 2.74. The molecule has 0 fully saturated rings. The Bertz CT molecular complexity index is 1090. The van der Waals surface area contributed by atoms with E-state index in [0.29, 0.717) is 17.3 Å². The predicted octanol–water partition coefficient (Wildman–Crippen LogP) is 4.36. The SMILES string of the molecule is O=C(COc1ccccc1)Oc1cccc(Nc2ncnc3ccccc23)c1. The van der Waals surface area contributed by atoms with E-state index in [1.54, 1.807) is 30.3 Å². The number of para-hydroxylation sites is 2. The molecule has 0 saturated carbocycles. The highest BCUT2D eigenvalue weighted by Crippen LogP contribution is 2.25. The van der Waals surface area contributed by atoms with Crippen LogP contribution in [0.25, 0.3) is 10.9 Å². The number of carbonyl (C=O) groups excluding carboxylic acids is 1. The second-order valence-electron chi connectivity index (χ2n) is 5.97. The molecule has 6 nitrogen and oxygen atoms in total. The Morgan fingerprint density at radius 1 is 0.857 bits per heavy atom. The molecule has 138 valence electrons. The van der Waals surface area contributed by atoms with E-state index in [1.165, 1.54) is 6.33 Å². The van der Waals surface area contributed by atoms with Gasteiger partial charge in [0.25, 0.3) is 0 Å². The van der Waals surface area contributed by atoms with Crippen LogP contribution in [0.3, 0.4) is 0 Å². The van der Waals surface area contributed by atoms with E-state index in [9.17, 15) is 4.79 Å². The van der Waals surface area contributed by atoms with Gasteiger partial charge in [0.1, 0.15) is 23.6 Å². The highest BCUT2D eigenvalue weighted by atomic mass is 16.6. The molecular weight excluding hydrogens is 354 g/mol. The van der Waals surface area contributed by atoms with Crippen molar-refractivity contribution in [2.24, 2.45) is 0 Å². The van der Waals surface area contributed by atoms with E-state index >= 15 is 0 Å². The highest BCUT2D eigenvalue weighted by Gasteiger charge is 2.08. The molecule has 4 rings (SSSR count). The average molecular weight is 371 g/mol. The van der Waals surface area contributed by atoms with Crippen molar-refractivity contribution in [3.63, 3.8) is 0 Å². The van der Waals surface area contributed by atoms with Crippen molar-refractivity contribution in [1.29, 1.82) is 0 Å². The van der Waals surface area contributed by atoms with Crippen molar-refractivity contribution >= 4 is 28.4 Å². The summed E-state index contributed by atoms with van der Waals surface area (Å²) in [6, 6.07) is 24.0. The molecule has 4 aromatic rings. The zero-order valence-corrected chi connectivity index (χ0v) is 14.9. The second kappa shape index (κ2) is 8.18. The summed E-state index contributed by atoms with van der Waals surface area (Å²) in [5.74, 6) is 1.24. The van der Waals surface area contributed by atoms with Crippen LogP contribution in [0.1, 0.15) is 0 Å². The van der Waals surface area contributed by atoms with Crippen molar-refractivity contribution in [3.8, 4) is 11.5 Å². The van der Waals surface area contributed by atoms with E-state index in [2.05, 4.69) is 15.3 Å². The van der Waals surface area contributed by atoms with Gasteiger partial charge in [-0.15, -0.1) is 0 Å². The number of anilines is 2. The third kappa shape index (κ3) is 4.24. The van der Waals surface area contributed by atoms with Crippen LogP contribution < -0.4 is 14.8 Å². The lowest BCUT2D eigenvalue weighted by atomic mass is 10.2. The summed E-state index contributed by atoms with van der Waals surface area (Å²) in [7, 11) is 0. The monoisotopic (exact) mass is 371 g/mol. The third-order valence-electron chi connectivity index (χ3n) is 3.97. The Morgan fingerprint density at radius 2 is 1.64 bits per heavy atom. The van der Waals surface area contributed by atoms with E-state index in [-0.39, 0.29) is 6.61 Å². The predicted molar refractivity (Wildman–Crippen MR) is 107 cm³/mol. The maximum atomic E-state index is 12.0. The number of esters is 1. The number of carbonyl (C=O) groups is 1. The summed E-state index contributed by atoms with van der Waals surface area (Å²) in [6.07, 6.45) is 1.51. The topological polar surface area (TPSA) is 73.3 Å². The molecule has 0 saturated heterocycles. The summed E-state index contributed by atoms with van der Waals surface area (Å²) >= 11 is 0. The zero-order valence-electron chi connectivity index (χ0n) is 14.9. The quantitative estimate of drug-likeness (QED) is 0.401. The first-order valence-corrected chi connectivity index (χ1v) is 8.73. The minimum Gasteiger partial charge on any atom is -0.482 e. The molecule has 28 heavy (non-hydrogen) atoms. The van der Waals surface area contributed by atoms with Gasteiger partial charge in [-0.1, -0.05) is 36.4 Å². The third-order valence-corrected chi connectivity index (χ3v) is 3.97.